The van der Waals surface area contributed by atoms with Crippen LogP contribution in [0.4, 0.5) is 0 Å². The topological polar surface area (TPSA) is 49.3 Å². The number of benzene rings is 2. The van der Waals surface area contributed by atoms with E-state index in [2.05, 4.69) is 5.32 Å². The van der Waals surface area contributed by atoms with Gasteiger partial charge in [-0.15, -0.1) is 0 Å². The Morgan fingerprint density at radius 1 is 1.26 bits per heavy atom. The van der Waals surface area contributed by atoms with Gasteiger partial charge in [0.2, 0.25) is 0 Å². The highest BCUT2D eigenvalue weighted by Gasteiger charge is 2.08. The fourth-order valence-electron chi connectivity index (χ4n) is 1.67. The summed E-state index contributed by atoms with van der Waals surface area (Å²) in [6.07, 6.45) is 0. The van der Waals surface area contributed by atoms with Crippen molar-refractivity contribution in [3.63, 3.8) is 0 Å². The van der Waals surface area contributed by atoms with Gasteiger partial charge in [0.1, 0.15) is 5.75 Å². The quantitative estimate of drug-likeness (QED) is 0.903. The molecule has 0 spiro atoms. The van der Waals surface area contributed by atoms with Gasteiger partial charge in [0, 0.05) is 22.7 Å². The number of rotatable bonds is 3. The summed E-state index contributed by atoms with van der Waals surface area (Å²) in [5, 5.41) is 12.9. The minimum Gasteiger partial charge on any atom is -0.508 e. The van der Waals surface area contributed by atoms with E-state index in [-0.39, 0.29) is 18.2 Å². The fraction of sp³-hybridized carbons (Fsp3) is 0.133. The first-order chi connectivity index (χ1) is 9.08. The van der Waals surface area contributed by atoms with Crippen molar-refractivity contribution in [2.75, 3.05) is 0 Å². The van der Waals surface area contributed by atoms with Crippen LogP contribution in [0.5, 0.6) is 5.75 Å². The second-order valence-electron chi connectivity index (χ2n) is 4.28. The lowest BCUT2D eigenvalue weighted by Gasteiger charge is -2.08. The number of carbonyl (C=O) groups excluding carboxylic acids is 1. The first kappa shape index (κ1) is 13.4. The predicted molar refractivity (Wildman–Crippen MR) is 75.5 cm³/mol. The molecule has 0 bridgehead atoms. The molecule has 0 fully saturated rings. The summed E-state index contributed by atoms with van der Waals surface area (Å²) >= 11 is 5.98. The summed E-state index contributed by atoms with van der Waals surface area (Å²) in [4.78, 5) is 11.9. The summed E-state index contributed by atoms with van der Waals surface area (Å²) in [5.74, 6) is -0.0464. The van der Waals surface area contributed by atoms with Crippen LogP contribution in [0.1, 0.15) is 21.5 Å². The van der Waals surface area contributed by atoms with Crippen molar-refractivity contribution < 1.29 is 9.90 Å². The van der Waals surface area contributed by atoms with Crippen LogP contribution in [0.25, 0.3) is 0 Å². The third-order valence-electron chi connectivity index (χ3n) is 2.87. The number of hydrogen-bond acceptors (Lipinski definition) is 2. The zero-order valence-electron chi connectivity index (χ0n) is 10.5. The van der Waals surface area contributed by atoms with Crippen molar-refractivity contribution in [2.24, 2.45) is 0 Å². The van der Waals surface area contributed by atoms with Crippen molar-refractivity contribution in [3.05, 3.63) is 64.2 Å². The maximum Gasteiger partial charge on any atom is 0.251 e. The van der Waals surface area contributed by atoms with Crippen LogP contribution in [-0.4, -0.2) is 11.0 Å². The van der Waals surface area contributed by atoms with E-state index >= 15 is 0 Å². The van der Waals surface area contributed by atoms with Crippen LogP contribution < -0.4 is 5.32 Å². The zero-order valence-corrected chi connectivity index (χ0v) is 11.2. The largest absolute Gasteiger partial charge is 0.508 e. The predicted octanol–water partition coefficient (Wildman–Crippen LogP) is 3.28. The maximum absolute atomic E-state index is 11.9. The molecule has 0 saturated heterocycles. The van der Waals surface area contributed by atoms with Crippen LogP contribution >= 0.6 is 11.6 Å². The van der Waals surface area contributed by atoms with Crippen molar-refractivity contribution in [1.82, 2.24) is 5.32 Å². The number of aromatic hydroxyl groups is 1. The molecule has 0 aliphatic heterocycles. The molecule has 0 saturated carbocycles. The minimum atomic E-state index is -0.217. The molecule has 0 aliphatic carbocycles. The van der Waals surface area contributed by atoms with Crippen molar-refractivity contribution in [3.8, 4) is 5.75 Å². The highest BCUT2D eigenvalue weighted by atomic mass is 35.5. The zero-order chi connectivity index (χ0) is 13.8. The summed E-state index contributed by atoms with van der Waals surface area (Å²) < 4.78 is 0. The molecule has 0 unspecified atom stereocenters. The van der Waals surface area contributed by atoms with E-state index in [4.69, 9.17) is 11.6 Å². The molecule has 3 nitrogen and oxygen atoms in total. The van der Waals surface area contributed by atoms with Crippen molar-refractivity contribution in [2.45, 2.75) is 13.5 Å². The molecule has 98 valence electrons. The lowest BCUT2D eigenvalue weighted by atomic mass is 10.1. The van der Waals surface area contributed by atoms with Crippen LogP contribution in [0, 0.1) is 6.92 Å². The first-order valence-electron chi connectivity index (χ1n) is 5.89. The smallest absolute Gasteiger partial charge is 0.251 e. The average molecular weight is 276 g/mol. The van der Waals surface area contributed by atoms with E-state index in [0.29, 0.717) is 16.1 Å². The number of phenols is 1. The number of carbonyl (C=O) groups is 1. The Hall–Kier alpha value is -2.00. The van der Waals surface area contributed by atoms with E-state index in [1.807, 2.05) is 13.0 Å². The monoisotopic (exact) mass is 275 g/mol. The van der Waals surface area contributed by atoms with E-state index in [1.54, 1.807) is 36.4 Å². The lowest BCUT2D eigenvalue weighted by molar-refractivity contribution is 0.0951. The van der Waals surface area contributed by atoms with Crippen LogP contribution in [0.15, 0.2) is 42.5 Å². The van der Waals surface area contributed by atoms with Gasteiger partial charge >= 0.3 is 0 Å². The second-order valence-corrected chi connectivity index (χ2v) is 4.68. The van der Waals surface area contributed by atoms with Gasteiger partial charge in [0.25, 0.3) is 5.91 Å². The number of hydrogen-bond donors (Lipinski definition) is 2. The Labute approximate surface area is 116 Å². The number of halogens is 1. The molecule has 0 aromatic heterocycles. The standard InChI is InChI=1S/C15H14ClNO2/c1-10-6-7-11(8-13(10)16)15(19)17-9-12-4-2-3-5-14(12)18/h2-8,18H,9H2,1H3,(H,17,19). The molecule has 2 aromatic rings. The van der Waals surface area contributed by atoms with Gasteiger partial charge in [0.05, 0.1) is 0 Å². The Kier molecular flexibility index (Phi) is 4.07. The van der Waals surface area contributed by atoms with Crippen LogP contribution in [0.2, 0.25) is 5.02 Å². The second kappa shape index (κ2) is 5.76. The first-order valence-corrected chi connectivity index (χ1v) is 6.27. The number of phenolic OH excluding ortho intramolecular Hbond substituents is 1. The maximum atomic E-state index is 11.9. The molecule has 0 aliphatic rings. The average Bonchev–Trinajstić information content (AvgIpc) is 2.40. The minimum absolute atomic E-state index is 0.171. The molecule has 2 rings (SSSR count). The van der Waals surface area contributed by atoms with E-state index in [0.717, 1.165) is 5.56 Å². The van der Waals surface area contributed by atoms with Crippen LogP contribution in [-0.2, 0) is 6.54 Å². The van der Waals surface area contributed by atoms with Gasteiger partial charge in [-0.05, 0) is 30.7 Å². The third kappa shape index (κ3) is 3.26. The van der Waals surface area contributed by atoms with E-state index in [9.17, 15) is 9.90 Å². The number of para-hydroxylation sites is 1. The normalized spacial score (nSPS) is 10.2. The molecule has 2 N–H and O–H groups in total. The van der Waals surface area contributed by atoms with Gasteiger partial charge < -0.3 is 10.4 Å². The number of aryl methyl sites for hydroxylation is 1. The molecule has 0 heterocycles. The SMILES string of the molecule is Cc1ccc(C(=O)NCc2ccccc2O)cc1Cl. The number of amides is 1. The molecule has 0 atom stereocenters. The number of nitrogens with one attached hydrogen (secondary N) is 1. The molecular formula is C15H14ClNO2. The van der Waals surface area contributed by atoms with Gasteiger partial charge in [-0.2, -0.15) is 0 Å². The lowest BCUT2D eigenvalue weighted by Crippen LogP contribution is -2.22. The van der Waals surface area contributed by atoms with E-state index < -0.39 is 0 Å². The van der Waals surface area contributed by atoms with Gasteiger partial charge in [-0.3, -0.25) is 4.79 Å². The van der Waals surface area contributed by atoms with Crippen molar-refractivity contribution in [1.29, 1.82) is 0 Å². The Balaban J connectivity index is 2.05. The van der Waals surface area contributed by atoms with Crippen molar-refractivity contribution >= 4 is 17.5 Å². The molecule has 0 radical (unpaired) electrons. The van der Waals surface area contributed by atoms with Gasteiger partial charge in [-0.1, -0.05) is 35.9 Å². The van der Waals surface area contributed by atoms with E-state index in [1.165, 1.54) is 0 Å². The molecule has 2 aromatic carbocycles. The van der Waals surface area contributed by atoms with Gasteiger partial charge in [-0.25, -0.2) is 0 Å². The highest BCUT2D eigenvalue weighted by Crippen LogP contribution is 2.18. The summed E-state index contributed by atoms with van der Waals surface area (Å²) in [5.41, 5.74) is 2.11. The summed E-state index contributed by atoms with van der Waals surface area (Å²) in [6.45, 7) is 2.16. The molecule has 19 heavy (non-hydrogen) atoms. The molecule has 1 amide bonds. The highest BCUT2D eigenvalue weighted by molar-refractivity contribution is 6.31. The Bertz CT molecular complexity index is 611. The van der Waals surface area contributed by atoms with Gasteiger partial charge in [0.15, 0.2) is 0 Å². The molecule has 4 heteroatoms. The Morgan fingerprint density at radius 3 is 2.68 bits per heavy atom. The Morgan fingerprint density at radius 2 is 2.00 bits per heavy atom. The molecular weight excluding hydrogens is 262 g/mol. The summed E-state index contributed by atoms with van der Waals surface area (Å²) in [7, 11) is 0. The van der Waals surface area contributed by atoms with Crippen LogP contribution in [0.3, 0.4) is 0 Å². The summed E-state index contributed by atoms with van der Waals surface area (Å²) in [6, 6.07) is 12.1. The third-order valence-corrected chi connectivity index (χ3v) is 3.27. The fourth-order valence-corrected chi connectivity index (χ4v) is 1.85.